The Labute approximate surface area is 203 Å². The van der Waals surface area contributed by atoms with Gasteiger partial charge < -0.3 is 20.1 Å². The van der Waals surface area contributed by atoms with E-state index < -0.39 is 24.2 Å². The van der Waals surface area contributed by atoms with Gasteiger partial charge in [-0.3, -0.25) is 14.4 Å². The van der Waals surface area contributed by atoms with Crippen molar-refractivity contribution >= 4 is 46.7 Å². The van der Waals surface area contributed by atoms with E-state index in [1.165, 1.54) is 36.4 Å². The summed E-state index contributed by atoms with van der Waals surface area (Å²) in [6.45, 7) is -0.598. The van der Waals surface area contributed by atoms with Crippen LogP contribution in [0.5, 0.6) is 5.75 Å². The highest BCUT2D eigenvalue weighted by molar-refractivity contribution is 8.00. The van der Waals surface area contributed by atoms with E-state index in [1.807, 2.05) is 0 Å². The van der Waals surface area contributed by atoms with Gasteiger partial charge in [0.15, 0.2) is 19.0 Å². The normalized spacial score (nSPS) is 12.1. The first-order chi connectivity index (χ1) is 16.9. The number of amides is 2. The quantitative estimate of drug-likeness (QED) is 0.277. The molecule has 10 heteroatoms. The van der Waals surface area contributed by atoms with Crippen molar-refractivity contribution in [2.24, 2.45) is 0 Å². The summed E-state index contributed by atoms with van der Waals surface area (Å²) in [5.41, 5.74) is 1.30. The van der Waals surface area contributed by atoms with Crippen LogP contribution >= 0.6 is 11.8 Å². The number of fused-ring (bicyclic) bond motifs is 1. The second-order valence-corrected chi connectivity index (χ2v) is 8.40. The molecule has 1 heterocycles. The number of thioether (sulfide) groups is 1. The number of Topliss-reactive ketones (excluding diaryl/α,β-unsaturated/α-hetero) is 1. The van der Waals surface area contributed by atoms with Crippen LogP contribution < -0.4 is 15.4 Å². The number of hydrogen-bond donors (Lipinski definition) is 2. The van der Waals surface area contributed by atoms with Crippen LogP contribution in [-0.4, -0.2) is 42.5 Å². The molecule has 35 heavy (non-hydrogen) atoms. The van der Waals surface area contributed by atoms with Crippen molar-refractivity contribution in [2.75, 3.05) is 29.6 Å². The van der Waals surface area contributed by atoms with Crippen molar-refractivity contribution < 1.29 is 33.0 Å². The highest BCUT2D eigenvalue weighted by Gasteiger charge is 2.20. The molecular formula is C25H19FN2O6S. The van der Waals surface area contributed by atoms with Gasteiger partial charge in [-0.25, -0.2) is 9.18 Å². The lowest BCUT2D eigenvalue weighted by atomic mass is 10.1. The zero-order chi connectivity index (χ0) is 24.8. The van der Waals surface area contributed by atoms with Crippen molar-refractivity contribution in [1.82, 2.24) is 0 Å². The second-order valence-electron chi connectivity index (χ2n) is 7.39. The van der Waals surface area contributed by atoms with Gasteiger partial charge in [0, 0.05) is 16.1 Å². The number of anilines is 2. The molecule has 2 N–H and O–H groups in total. The molecule has 0 aromatic heterocycles. The zero-order valence-corrected chi connectivity index (χ0v) is 19.0. The molecule has 1 aliphatic heterocycles. The van der Waals surface area contributed by atoms with E-state index in [9.17, 15) is 23.6 Å². The molecule has 0 radical (unpaired) electrons. The van der Waals surface area contributed by atoms with Crippen molar-refractivity contribution in [2.45, 2.75) is 4.90 Å². The number of halogens is 1. The molecule has 4 rings (SSSR count). The summed E-state index contributed by atoms with van der Waals surface area (Å²) >= 11 is 1.13. The van der Waals surface area contributed by atoms with Gasteiger partial charge in [0.05, 0.1) is 17.0 Å². The predicted molar refractivity (Wildman–Crippen MR) is 127 cm³/mol. The van der Waals surface area contributed by atoms with E-state index in [0.29, 0.717) is 22.0 Å². The fraction of sp³-hybridized carbons (Fsp3) is 0.120. The summed E-state index contributed by atoms with van der Waals surface area (Å²) in [5.74, 6) is -1.77. The highest BCUT2D eigenvalue weighted by Crippen LogP contribution is 2.29. The van der Waals surface area contributed by atoms with Crippen LogP contribution in [0.25, 0.3) is 0 Å². The second kappa shape index (κ2) is 10.8. The van der Waals surface area contributed by atoms with Crippen molar-refractivity contribution in [3.8, 4) is 5.75 Å². The number of rotatable bonds is 8. The number of hydrogen-bond acceptors (Lipinski definition) is 7. The van der Waals surface area contributed by atoms with Crippen molar-refractivity contribution in [1.29, 1.82) is 0 Å². The Morgan fingerprint density at radius 1 is 1.06 bits per heavy atom. The van der Waals surface area contributed by atoms with Gasteiger partial charge in [-0.05, 0) is 54.6 Å². The Morgan fingerprint density at radius 2 is 1.83 bits per heavy atom. The lowest BCUT2D eigenvalue weighted by Crippen LogP contribution is -2.25. The number of ether oxygens (including phenoxy) is 2. The predicted octanol–water partition coefficient (Wildman–Crippen LogP) is 3.93. The number of carbonyl (C=O) groups is 4. The first-order valence-electron chi connectivity index (χ1n) is 10.4. The SMILES string of the molecule is O=C(CSc1ccccc1C(=O)OCC(=O)c1ccc2c(c1)NC(=O)CO2)Nc1ccc(F)cc1. The average Bonchev–Trinajstić information content (AvgIpc) is 2.87. The summed E-state index contributed by atoms with van der Waals surface area (Å²) in [7, 11) is 0. The number of esters is 1. The lowest BCUT2D eigenvalue weighted by Gasteiger charge is -2.18. The molecule has 0 spiro atoms. The third kappa shape index (κ3) is 6.24. The number of benzene rings is 3. The van der Waals surface area contributed by atoms with E-state index in [2.05, 4.69) is 10.6 Å². The molecule has 3 aromatic rings. The van der Waals surface area contributed by atoms with Crippen LogP contribution in [0.3, 0.4) is 0 Å². The molecule has 0 fully saturated rings. The molecule has 8 nitrogen and oxygen atoms in total. The Kier molecular flexibility index (Phi) is 7.41. The number of carbonyl (C=O) groups excluding carboxylic acids is 4. The third-order valence-electron chi connectivity index (χ3n) is 4.86. The molecule has 1 aliphatic rings. The fourth-order valence-corrected chi connectivity index (χ4v) is 4.02. The Morgan fingerprint density at radius 3 is 2.63 bits per heavy atom. The molecular weight excluding hydrogens is 475 g/mol. The summed E-state index contributed by atoms with van der Waals surface area (Å²) < 4.78 is 23.5. The summed E-state index contributed by atoms with van der Waals surface area (Å²) in [5, 5.41) is 5.27. The van der Waals surface area contributed by atoms with Gasteiger partial charge in [-0.1, -0.05) is 12.1 Å². The number of nitrogens with one attached hydrogen (secondary N) is 2. The first-order valence-corrected chi connectivity index (χ1v) is 11.4. The minimum atomic E-state index is -0.713. The molecule has 2 amide bonds. The maximum absolute atomic E-state index is 13.0. The summed E-state index contributed by atoms with van der Waals surface area (Å²) in [6.07, 6.45) is 0. The van der Waals surface area contributed by atoms with E-state index >= 15 is 0 Å². The number of ketones is 1. The van der Waals surface area contributed by atoms with Crippen LogP contribution in [0, 0.1) is 5.82 Å². The minimum Gasteiger partial charge on any atom is -0.482 e. The van der Waals surface area contributed by atoms with Crippen LogP contribution in [0.2, 0.25) is 0 Å². The maximum atomic E-state index is 13.0. The van der Waals surface area contributed by atoms with Crippen LogP contribution in [0.1, 0.15) is 20.7 Å². The molecule has 178 valence electrons. The minimum absolute atomic E-state index is 0.00349. The topological polar surface area (TPSA) is 111 Å². The summed E-state index contributed by atoms with van der Waals surface area (Å²) in [4.78, 5) is 49.4. The van der Waals surface area contributed by atoms with Crippen LogP contribution in [0.4, 0.5) is 15.8 Å². The zero-order valence-electron chi connectivity index (χ0n) is 18.2. The first kappa shape index (κ1) is 24.0. The van der Waals surface area contributed by atoms with E-state index in [4.69, 9.17) is 9.47 Å². The Hall–Kier alpha value is -4.18. The van der Waals surface area contributed by atoms with Gasteiger partial charge in [-0.15, -0.1) is 11.8 Å². The third-order valence-corrected chi connectivity index (χ3v) is 5.94. The van der Waals surface area contributed by atoms with Gasteiger partial charge in [0.2, 0.25) is 5.91 Å². The average molecular weight is 495 g/mol. The van der Waals surface area contributed by atoms with E-state index in [0.717, 1.165) is 11.8 Å². The Balaban J connectivity index is 1.34. The van der Waals surface area contributed by atoms with Gasteiger partial charge >= 0.3 is 5.97 Å². The monoisotopic (exact) mass is 494 g/mol. The largest absolute Gasteiger partial charge is 0.482 e. The Bertz CT molecular complexity index is 1300. The maximum Gasteiger partial charge on any atom is 0.339 e. The highest BCUT2D eigenvalue weighted by atomic mass is 32.2. The van der Waals surface area contributed by atoms with Gasteiger partial charge in [-0.2, -0.15) is 0 Å². The van der Waals surface area contributed by atoms with Gasteiger partial charge in [0.25, 0.3) is 5.91 Å². The van der Waals surface area contributed by atoms with E-state index in [-0.39, 0.29) is 35.3 Å². The van der Waals surface area contributed by atoms with Crippen LogP contribution in [0.15, 0.2) is 71.6 Å². The molecule has 0 saturated heterocycles. The molecule has 0 unspecified atom stereocenters. The van der Waals surface area contributed by atoms with E-state index in [1.54, 1.807) is 30.3 Å². The molecule has 0 atom stereocenters. The van der Waals surface area contributed by atoms with Gasteiger partial charge in [0.1, 0.15) is 11.6 Å². The molecule has 0 bridgehead atoms. The summed E-state index contributed by atoms with van der Waals surface area (Å²) in [6, 6.07) is 16.5. The van der Waals surface area contributed by atoms with Crippen LogP contribution in [-0.2, 0) is 14.3 Å². The van der Waals surface area contributed by atoms with Crippen molar-refractivity contribution in [3.63, 3.8) is 0 Å². The molecule has 0 aliphatic carbocycles. The smallest absolute Gasteiger partial charge is 0.339 e. The molecule has 0 saturated carbocycles. The lowest BCUT2D eigenvalue weighted by molar-refractivity contribution is -0.118. The van der Waals surface area contributed by atoms with Crippen molar-refractivity contribution in [3.05, 3.63) is 83.7 Å². The standard InChI is InChI=1S/C25H19FN2O6S/c26-16-6-8-17(9-7-16)27-24(31)14-35-22-4-2-1-3-18(22)25(32)34-12-20(29)15-5-10-21-19(11-15)28-23(30)13-33-21/h1-11H,12-14H2,(H,27,31)(H,28,30). The fourth-order valence-electron chi connectivity index (χ4n) is 3.18. The molecule has 3 aromatic carbocycles.